The molecule has 2 aromatic heterocycles. The van der Waals surface area contributed by atoms with Crippen LogP contribution in [0.2, 0.25) is 0 Å². The molecule has 4 aromatic rings. The zero-order chi connectivity index (χ0) is 24.0. The molecule has 10 heteroatoms. The first-order valence-electron chi connectivity index (χ1n) is 10.9. The Hall–Kier alpha value is -3.50. The van der Waals surface area contributed by atoms with Crippen LogP contribution in [0.25, 0.3) is 22.2 Å². The van der Waals surface area contributed by atoms with Gasteiger partial charge in [-0.3, -0.25) is 0 Å². The monoisotopic (exact) mass is 481 g/mol. The third-order valence-corrected chi connectivity index (χ3v) is 7.65. The molecule has 8 nitrogen and oxygen atoms in total. The number of hydrogen-bond acceptors (Lipinski definition) is 7. The van der Waals surface area contributed by atoms with Gasteiger partial charge in [0, 0.05) is 29.8 Å². The topological polar surface area (TPSA) is 103 Å². The van der Waals surface area contributed by atoms with Gasteiger partial charge in [0.2, 0.25) is 5.95 Å². The largest absolute Gasteiger partial charge is 0.384 e. The number of halogens is 1. The van der Waals surface area contributed by atoms with Crippen LogP contribution in [0.3, 0.4) is 0 Å². The number of nitrogens with two attached hydrogens (primary N) is 1. The number of benzene rings is 2. The molecular formula is C24H24FN5O3S. The van der Waals surface area contributed by atoms with Gasteiger partial charge >= 0.3 is 0 Å². The van der Waals surface area contributed by atoms with E-state index in [0.29, 0.717) is 42.4 Å². The van der Waals surface area contributed by atoms with E-state index < -0.39 is 15.8 Å². The molecular weight excluding hydrogens is 457 g/mol. The molecule has 0 amide bonds. The van der Waals surface area contributed by atoms with Gasteiger partial charge in [-0.05, 0) is 44.2 Å². The number of rotatable bonds is 4. The van der Waals surface area contributed by atoms with E-state index in [1.54, 1.807) is 24.3 Å². The predicted molar refractivity (Wildman–Crippen MR) is 129 cm³/mol. The lowest BCUT2D eigenvalue weighted by molar-refractivity contribution is 0.0981. The summed E-state index contributed by atoms with van der Waals surface area (Å²) < 4.78 is 48.0. The molecule has 34 heavy (non-hydrogen) atoms. The Kier molecular flexibility index (Phi) is 5.49. The molecule has 3 heterocycles. The first-order chi connectivity index (χ1) is 16.2. The summed E-state index contributed by atoms with van der Waals surface area (Å²) >= 11 is 0. The normalized spacial score (nSPS) is 16.8. The maximum atomic E-state index is 14.8. The van der Waals surface area contributed by atoms with Crippen LogP contribution in [0, 0.1) is 12.7 Å². The summed E-state index contributed by atoms with van der Waals surface area (Å²) in [5, 5.41) is 0.538. The number of nitrogen functional groups attached to an aromatic ring is 1. The number of ether oxygens (including phenoxy) is 1. The molecule has 0 aliphatic carbocycles. The smallest absolute Gasteiger partial charge is 0.268 e. The van der Waals surface area contributed by atoms with Crippen molar-refractivity contribution in [1.82, 2.24) is 13.9 Å². The Labute approximate surface area is 196 Å². The van der Waals surface area contributed by atoms with Gasteiger partial charge in [-0.25, -0.2) is 21.8 Å². The number of hydrogen-bond donors (Lipinski definition) is 1. The van der Waals surface area contributed by atoms with Crippen LogP contribution in [0.15, 0.2) is 59.6 Å². The van der Waals surface area contributed by atoms with Crippen molar-refractivity contribution in [2.75, 3.05) is 30.4 Å². The fraction of sp³-hybridized carbons (Fsp3) is 0.250. The third-order valence-electron chi connectivity index (χ3n) is 5.95. The summed E-state index contributed by atoms with van der Waals surface area (Å²) in [6.07, 6.45) is 1.43. The van der Waals surface area contributed by atoms with Crippen molar-refractivity contribution >= 4 is 32.7 Å². The van der Waals surface area contributed by atoms with Crippen molar-refractivity contribution in [3.05, 3.63) is 66.1 Å². The Morgan fingerprint density at radius 3 is 2.62 bits per heavy atom. The van der Waals surface area contributed by atoms with Gasteiger partial charge in [-0.1, -0.05) is 17.7 Å². The summed E-state index contributed by atoms with van der Waals surface area (Å²) in [5.41, 5.74) is 8.10. The molecule has 1 atom stereocenters. The number of aryl methyl sites for hydroxylation is 1. The predicted octanol–water partition coefficient (Wildman–Crippen LogP) is 3.59. The lowest BCUT2D eigenvalue weighted by Crippen LogP contribution is -2.44. The summed E-state index contributed by atoms with van der Waals surface area (Å²) in [6, 6.07) is 12.3. The van der Waals surface area contributed by atoms with E-state index in [2.05, 4.69) is 9.97 Å². The van der Waals surface area contributed by atoms with Crippen LogP contribution < -0.4 is 10.6 Å². The fourth-order valence-corrected chi connectivity index (χ4v) is 5.51. The zero-order valence-electron chi connectivity index (χ0n) is 18.8. The van der Waals surface area contributed by atoms with Gasteiger partial charge in [-0.15, -0.1) is 0 Å². The number of morpholine rings is 1. The third kappa shape index (κ3) is 3.88. The molecule has 5 rings (SSSR count). The van der Waals surface area contributed by atoms with Crippen molar-refractivity contribution in [3.8, 4) is 11.3 Å². The molecule has 0 spiro atoms. The lowest BCUT2D eigenvalue weighted by Gasteiger charge is -2.33. The van der Waals surface area contributed by atoms with E-state index in [1.165, 1.54) is 30.5 Å². The van der Waals surface area contributed by atoms with Crippen molar-refractivity contribution < 1.29 is 17.5 Å². The molecule has 0 saturated carbocycles. The molecule has 1 fully saturated rings. The molecule has 0 radical (unpaired) electrons. The maximum absolute atomic E-state index is 14.8. The van der Waals surface area contributed by atoms with Gasteiger partial charge in [0.15, 0.2) is 0 Å². The average Bonchev–Trinajstić information content (AvgIpc) is 3.23. The van der Waals surface area contributed by atoms with Gasteiger partial charge in [-0.2, -0.15) is 4.98 Å². The Morgan fingerprint density at radius 1 is 1.12 bits per heavy atom. The summed E-state index contributed by atoms with van der Waals surface area (Å²) in [7, 11) is -3.93. The molecule has 1 aliphatic rings. The minimum absolute atomic E-state index is 0.0525. The SMILES string of the molecule is Cc1ccc(S(=O)(=O)n2ccc3c(-c4cc(N)nc(N5CCOC[C@H]5C)n4)cc(F)cc32)cc1. The van der Waals surface area contributed by atoms with Crippen LogP contribution in [0.5, 0.6) is 0 Å². The second-order valence-electron chi connectivity index (χ2n) is 8.41. The highest BCUT2D eigenvalue weighted by molar-refractivity contribution is 7.90. The molecule has 2 aromatic carbocycles. The van der Waals surface area contributed by atoms with Crippen LogP contribution in [0.4, 0.5) is 16.2 Å². The van der Waals surface area contributed by atoms with Crippen molar-refractivity contribution in [3.63, 3.8) is 0 Å². The van der Waals surface area contributed by atoms with E-state index in [9.17, 15) is 12.8 Å². The van der Waals surface area contributed by atoms with E-state index >= 15 is 0 Å². The molecule has 2 N–H and O–H groups in total. The number of anilines is 2. The number of fused-ring (bicyclic) bond motifs is 1. The standard InChI is InChI=1S/C24H24FN5O3S/c1-15-3-5-18(6-4-15)34(31,32)30-8-7-19-20(11-17(25)12-22(19)30)21-13-23(26)28-24(27-21)29-9-10-33-14-16(29)2/h3-8,11-13,16H,9-10,14H2,1-2H3,(H2,26,27,28)/t16-/m1/s1. The van der Waals surface area contributed by atoms with Gasteiger partial charge < -0.3 is 15.4 Å². The molecule has 0 unspecified atom stereocenters. The van der Waals surface area contributed by atoms with Gasteiger partial charge in [0.25, 0.3) is 10.0 Å². The lowest BCUT2D eigenvalue weighted by atomic mass is 10.1. The summed E-state index contributed by atoms with van der Waals surface area (Å²) in [6.45, 7) is 5.57. The first-order valence-corrected chi connectivity index (χ1v) is 12.3. The van der Waals surface area contributed by atoms with Crippen molar-refractivity contribution in [2.24, 2.45) is 0 Å². The summed E-state index contributed by atoms with van der Waals surface area (Å²) in [4.78, 5) is 11.1. The number of aromatic nitrogens is 3. The minimum Gasteiger partial charge on any atom is -0.384 e. The highest BCUT2D eigenvalue weighted by Gasteiger charge is 2.24. The van der Waals surface area contributed by atoms with Crippen molar-refractivity contribution in [1.29, 1.82) is 0 Å². The van der Waals surface area contributed by atoms with E-state index in [0.717, 1.165) is 9.54 Å². The Balaban J connectivity index is 1.65. The Bertz CT molecular complexity index is 1480. The van der Waals surface area contributed by atoms with Crippen LogP contribution in [-0.4, -0.2) is 48.2 Å². The van der Waals surface area contributed by atoms with Crippen LogP contribution in [-0.2, 0) is 14.8 Å². The highest BCUT2D eigenvalue weighted by Crippen LogP contribution is 2.33. The second-order valence-corrected chi connectivity index (χ2v) is 10.2. The van der Waals surface area contributed by atoms with Gasteiger partial charge in [0.05, 0.1) is 35.4 Å². The van der Waals surface area contributed by atoms with E-state index in [1.807, 2.05) is 18.7 Å². The fourth-order valence-electron chi connectivity index (χ4n) is 4.17. The second kappa shape index (κ2) is 8.37. The van der Waals surface area contributed by atoms with Gasteiger partial charge in [0.1, 0.15) is 11.6 Å². The van der Waals surface area contributed by atoms with Crippen LogP contribution >= 0.6 is 0 Å². The maximum Gasteiger partial charge on any atom is 0.268 e. The molecule has 1 saturated heterocycles. The highest BCUT2D eigenvalue weighted by atomic mass is 32.2. The van der Waals surface area contributed by atoms with Crippen LogP contribution in [0.1, 0.15) is 12.5 Å². The average molecular weight is 482 g/mol. The first kappa shape index (κ1) is 22.3. The Morgan fingerprint density at radius 2 is 1.88 bits per heavy atom. The zero-order valence-corrected chi connectivity index (χ0v) is 19.6. The summed E-state index contributed by atoms with van der Waals surface area (Å²) in [5.74, 6) is 0.0813. The minimum atomic E-state index is -3.93. The van der Waals surface area contributed by atoms with E-state index in [4.69, 9.17) is 10.5 Å². The number of nitrogens with zero attached hydrogens (tertiary/aromatic N) is 4. The molecule has 1 aliphatic heterocycles. The van der Waals surface area contributed by atoms with Crippen molar-refractivity contribution in [2.45, 2.75) is 24.8 Å². The molecule has 176 valence electrons. The quantitative estimate of drug-likeness (QED) is 0.475. The van der Waals surface area contributed by atoms with E-state index in [-0.39, 0.29) is 22.3 Å². The molecule has 0 bridgehead atoms.